The number of amides is 4. The lowest BCUT2D eigenvalue weighted by Crippen LogP contribution is -2.60. The average molecular weight is 730 g/mol. The van der Waals surface area contributed by atoms with Crippen LogP contribution in [0.2, 0.25) is 0 Å². The summed E-state index contributed by atoms with van der Waals surface area (Å²) >= 11 is 0. The highest BCUT2D eigenvalue weighted by molar-refractivity contribution is 6.07. The maximum Gasteiger partial charge on any atom is 0.326 e. The van der Waals surface area contributed by atoms with E-state index in [4.69, 9.17) is 10.2 Å². The van der Waals surface area contributed by atoms with Crippen molar-refractivity contribution in [1.82, 2.24) is 46.5 Å². The molecule has 0 aliphatic heterocycles. The van der Waals surface area contributed by atoms with E-state index >= 15 is 0 Å². The van der Waals surface area contributed by atoms with Crippen molar-refractivity contribution in [2.75, 3.05) is 19.6 Å². The van der Waals surface area contributed by atoms with Gasteiger partial charge in [-0.1, -0.05) is 13.8 Å². The lowest BCUT2D eigenvalue weighted by Gasteiger charge is -2.19. The minimum Gasteiger partial charge on any atom is -0.481 e. The Kier molecular flexibility index (Phi) is 17.2. The molecular formula is C28H42ClN10O11+. The third-order valence-corrected chi connectivity index (χ3v) is 6.78. The van der Waals surface area contributed by atoms with Crippen molar-refractivity contribution in [3.8, 4) is 0 Å². The largest absolute Gasteiger partial charge is 0.481 e. The lowest BCUT2D eigenvalue weighted by atomic mass is 10.0. The molecule has 0 aliphatic carbocycles. The van der Waals surface area contributed by atoms with Crippen molar-refractivity contribution in [2.45, 2.75) is 64.2 Å². The summed E-state index contributed by atoms with van der Waals surface area (Å²) < 4.78 is 0. The lowest BCUT2D eigenvalue weighted by molar-refractivity contribution is -0.373. The number of imidazole rings is 2. The highest BCUT2D eigenvalue weighted by Gasteiger charge is 2.30. The second kappa shape index (κ2) is 20.2. The number of nitrogens with one attached hydrogen (secondary N) is 7. The van der Waals surface area contributed by atoms with E-state index in [1.54, 1.807) is 0 Å². The number of Topliss-reactive ketones (excluding diaryl/α,β-unsaturated/α-hetero) is 1. The Bertz CT molecular complexity index is 1540. The summed E-state index contributed by atoms with van der Waals surface area (Å²) in [5.74, 6) is -8.46. The molecule has 22 heteroatoms. The van der Waals surface area contributed by atoms with Crippen LogP contribution in [0.4, 0.5) is 0 Å². The molecule has 4 amide bonds. The number of rotatable bonds is 21. The molecule has 13 N–H and O–H groups in total. The smallest absolute Gasteiger partial charge is 0.326 e. The van der Waals surface area contributed by atoms with Crippen LogP contribution < -0.4 is 32.3 Å². The molecule has 0 aliphatic rings. The number of aliphatic carboxylic acids is 3. The SMILES string of the molecule is CC(C)C[C@@H](C[NH3+])NC(=O)c1nc[nH]c1C(=O)N[C@@H](CC(=O)O)C(=O)CNC[C@H](C)NC(=O)c1nc[nH]c1C(=O)N[C@@H](CC(=O)O)C(=O)O.Cl. The molecule has 0 bridgehead atoms. The van der Waals surface area contributed by atoms with E-state index in [1.165, 1.54) is 6.92 Å². The quantitative estimate of drug-likeness (QED) is 0.0616. The van der Waals surface area contributed by atoms with Gasteiger partial charge in [-0.25, -0.2) is 14.8 Å². The van der Waals surface area contributed by atoms with Crippen LogP contribution in [-0.2, 0) is 19.2 Å². The van der Waals surface area contributed by atoms with Gasteiger partial charge < -0.3 is 57.6 Å². The van der Waals surface area contributed by atoms with Crippen molar-refractivity contribution in [3.63, 3.8) is 0 Å². The molecule has 4 atom stereocenters. The summed E-state index contributed by atoms with van der Waals surface area (Å²) in [5.41, 5.74) is 2.45. The minimum atomic E-state index is -1.77. The number of aromatic amines is 2. The fraction of sp³-hybridized carbons (Fsp3) is 0.500. The van der Waals surface area contributed by atoms with E-state index in [0.717, 1.165) is 12.7 Å². The monoisotopic (exact) mass is 729 g/mol. The van der Waals surface area contributed by atoms with Gasteiger partial charge in [-0.05, 0) is 19.3 Å². The standard InChI is InChI=1S/C28H40N10O11.ClH/c1-12(2)4-14(7-29)36-25(45)21-23(34-11-32-21)26(46)37-15(5-18(40)41)17(39)9-30-8-13(3)35-24(44)20-22(33-10-31-20)27(47)38-16(28(48)49)6-19(42)43;/h10-16,30H,4-9,29H2,1-3H3,(H,31,33)(H,32,34)(H,35,44)(H,36,45)(H,37,46)(H,38,47)(H,40,41)(H,42,43)(H,48,49);1H/p+1/t13-,14-,15-,16-;/m0./s1. The van der Waals surface area contributed by atoms with E-state index in [1.807, 2.05) is 19.2 Å². The van der Waals surface area contributed by atoms with Crippen LogP contribution in [0.15, 0.2) is 12.7 Å². The molecule has 0 spiro atoms. The molecule has 0 radical (unpaired) electrons. The molecular weight excluding hydrogens is 688 g/mol. The Balaban J connectivity index is 0.0000125. The normalized spacial score (nSPS) is 13.1. The third kappa shape index (κ3) is 13.2. The number of carbonyl (C=O) groups excluding carboxylic acids is 5. The average Bonchev–Trinajstić information content (AvgIpc) is 3.70. The number of halogens is 1. The molecule has 0 saturated carbocycles. The highest BCUT2D eigenvalue weighted by Crippen LogP contribution is 2.09. The van der Waals surface area contributed by atoms with E-state index in [9.17, 15) is 43.5 Å². The van der Waals surface area contributed by atoms with Crippen LogP contribution in [0.3, 0.4) is 0 Å². The molecule has 2 aromatic rings. The number of carboxylic acid groups (broad SMARTS) is 3. The van der Waals surface area contributed by atoms with Gasteiger partial charge in [0.05, 0.1) is 50.7 Å². The highest BCUT2D eigenvalue weighted by atomic mass is 35.5. The predicted octanol–water partition coefficient (Wildman–Crippen LogP) is -2.85. The molecule has 0 fully saturated rings. The van der Waals surface area contributed by atoms with Crippen molar-refractivity contribution in [1.29, 1.82) is 0 Å². The minimum absolute atomic E-state index is 0. The van der Waals surface area contributed by atoms with Gasteiger partial charge >= 0.3 is 17.9 Å². The molecule has 2 heterocycles. The first kappa shape index (κ1) is 42.6. The fourth-order valence-corrected chi connectivity index (χ4v) is 4.48. The molecule has 0 saturated heterocycles. The summed E-state index contributed by atoms with van der Waals surface area (Å²) in [6.45, 7) is 5.38. The second-order valence-corrected chi connectivity index (χ2v) is 11.4. The van der Waals surface area contributed by atoms with Crippen molar-refractivity contribution < 1.29 is 59.4 Å². The van der Waals surface area contributed by atoms with Gasteiger partial charge in [0, 0.05) is 12.6 Å². The van der Waals surface area contributed by atoms with Crippen LogP contribution in [0, 0.1) is 5.92 Å². The Morgan fingerprint density at radius 1 is 0.740 bits per heavy atom. The second-order valence-electron chi connectivity index (χ2n) is 11.4. The first-order chi connectivity index (χ1) is 23.0. The number of hydrogen-bond acceptors (Lipinski definition) is 11. The molecule has 0 unspecified atom stereocenters. The zero-order valence-corrected chi connectivity index (χ0v) is 28.2. The van der Waals surface area contributed by atoms with Gasteiger partial charge in [0.1, 0.15) is 17.4 Å². The number of quaternary nitrogens is 1. The third-order valence-electron chi connectivity index (χ3n) is 6.78. The zero-order chi connectivity index (χ0) is 36.8. The molecule has 50 heavy (non-hydrogen) atoms. The summed E-state index contributed by atoms with van der Waals surface area (Å²) in [6, 6.07) is -4.26. The van der Waals surface area contributed by atoms with Gasteiger partial charge in [0.2, 0.25) is 0 Å². The Morgan fingerprint density at radius 3 is 1.68 bits per heavy atom. The van der Waals surface area contributed by atoms with Crippen LogP contribution >= 0.6 is 12.4 Å². The van der Waals surface area contributed by atoms with Gasteiger partial charge in [0.15, 0.2) is 17.2 Å². The van der Waals surface area contributed by atoms with Crippen molar-refractivity contribution in [3.05, 3.63) is 35.4 Å². The van der Waals surface area contributed by atoms with E-state index in [-0.39, 0.29) is 42.3 Å². The summed E-state index contributed by atoms with van der Waals surface area (Å²) in [5, 5.41) is 39.7. The first-order valence-corrected chi connectivity index (χ1v) is 15.0. The topological polar surface area (TPSA) is 342 Å². The van der Waals surface area contributed by atoms with Crippen molar-refractivity contribution in [2.24, 2.45) is 5.92 Å². The molecule has 2 rings (SSSR count). The number of ketones is 1. The summed E-state index contributed by atoms with van der Waals surface area (Å²) in [7, 11) is 0. The maximum atomic E-state index is 13.0. The van der Waals surface area contributed by atoms with Gasteiger partial charge in [0.25, 0.3) is 23.6 Å². The Hall–Kier alpha value is -5.41. The number of aromatic nitrogens is 4. The predicted molar refractivity (Wildman–Crippen MR) is 172 cm³/mol. The molecule has 276 valence electrons. The van der Waals surface area contributed by atoms with E-state index in [0.29, 0.717) is 13.0 Å². The van der Waals surface area contributed by atoms with Crippen LogP contribution in [0.1, 0.15) is 82.0 Å². The number of carbonyl (C=O) groups is 8. The molecule has 21 nitrogen and oxygen atoms in total. The zero-order valence-electron chi connectivity index (χ0n) is 27.4. The Labute approximate surface area is 290 Å². The maximum absolute atomic E-state index is 13.0. The number of H-pyrrole nitrogens is 2. The Morgan fingerprint density at radius 2 is 1.22 bits per heavy atom. The number of carboxylic acids is 3. The van der Waals surface area contributed by atoms with Crippen molar-refractivity contribution >= 4 is 59.7 Å². The van der Waals surface area contributed by atoms with Gasteiger partial charge in [-0.15, -0.1) is 12.4 Å². The summed E-state index contributed by atoms with van der Waals surface area (Å²) in [6.07, 6.45) is 1.07. The van der Waals surface area contributed by atoms with Crippen LogP contribution in [0.5, 0.6) is 0 Å². The molecule has 2 aromatic heterocycles. The molecule has 0 aromatic carbocycles. The number of nitrogens with zero attached hydrogens (tertiary/aromatic N) is 2. The van der Waals surface area contributed by atoms with E-state index in [2.05, 4.69) is 46.9 Å². The van der Waals surface area contributed by atoms with Gasteiger partial charge in [-0.3, -0.25) is 33.6 Å². The number of hydrogen-bond donors (Lipinski definition) is 11. The first-order valence-electron chi connectivity index (χ1n) is 15.0. The van der Waals surface area contributed by atoms with Gasteiger partial charge in [-0.2, -0.15) is 0 Å². The van der Waals surface area contributed by atoms with Crippen LogP contribution in [0.25, 0.3) is 0 Å². The van der Waals surface area contributed by atoms with Crippen LogP contribution in [-0.4, -0.2) is 126 Å². The summed E-state index contributed by atoms with van der Waals surface area (Å²) in [4.78, 5) is 110. The van der Waals surface area contributed by atoms with E-state index < -0.39 is 96.2 Å². The fourth-order valence-electron chi connectivity index (χ4n) is 4.48.